The molecule has 3 atom stereocenters. The minimum atomic E-state index is -1.53. The number of carboxylic acids is 1. The van der Waals surface area contributed by atoms with Gasteiger partial charge in [0.2, 0.25) is 23.6 Å². The summed E-state index contributed by atoms with van der Waals surface area (Å²) in [7, 11) is 0. The summed E-state index contributed by atoms with van der Waals surface area (Å²) in [5.41, 5.74) is 10.8. The molecule has 1 aromatic carbocycles. The Balaban J connectivity index is 2.84. The zero-order valence-electron chi connectivity index (χ0n) is 17.1. The molecule has 0 radical (unpaired) electrons. The number of amides is 4. The lowest BCUT2D eigenvalue weighted by Gasteiger charge is -2.23. The average molecular weight is 453 g/mol. The van der Waals surface area contributed by atoms with Gasteiger partial charge in [0, 0.05) is 12.8 Å². The number of carbonyl (C=O) groups excluding carboxylic acids is 4. The number of phenols is 1. The number of aliphatic hydroxyl groups excluding tert-OH is 1. The van der Waals surface area contributed by atoms with E-state index in [0.29, 0.717) is 5.56 Å². The Morgan fingerprint density at radius 3 is 1.97 bits per heavy atom. The zero-order valence-corrected chi connectivity index (χ0v) is 17.1. The predicted octanol–water partition coefficient (Wildman–Crippen LogP) is -3.31. The number of nitrogens with two attached hydrogens (primary N) is 2. The second kappa shape index (κ2) is 12.9. The van der Waals surface area contributed by atoms with Gasteiger partial charge < -0.3 is 42.7 Å². The number of hydrogen-bond acceptors (Lipinski definition) is 8. The smallest absolute Gasteiger partial charge is 0.326 e. The number of hydrogen-bond donors (Lipinski definition) is 8. The van der Waals surface area contributed by atoms with E-state index in [4.69, 9.17) is 11.5 Å². The van der Waals surface area contributed by atoms with Gasteiger partial charge in [-0.25, -0.2) is 4.79 Å². The second-order valence-electron chi connectivity index (χ2n) is 6.84. The summed E-state index contributed by atoms with van der Waals surface area (Å²) in [5.74, 6) is -4.66. The van der Waals surface area contributed by atoms with E-state index in [1.54, 1.807) is 0 Å². The predicted molar refractivity (Wildman–Crippen MR) is 110 cm³/mol. The van der Waals surface area contributed by atoms with Gasteiger partial charge in [0.1, 0.15) is 23.9 Å². The molecular formula is C19H27N5O8. The third-order valence-corrected chi connectivity index (χ3v) is 4.32. The highest BCUT2D eigenvalue weighted by Crippen LogP contribution is 2.11. The topological polar surface area (TPSA) is 234 Å². The summed E-state index contributed by atoms with van der Waals surface area (Å²) >= 11 is 0. The standard InChI is InChI=1S/C19H27N5O8/c20-8-16(28)22-12(5-6-15(21)27)17(29)24-14(9-25)18(30)23-13(19(31)32)7-10-1-3-11(26)4-2-10/h1-4,12-14,25-26H,5-9,20H2,(H2,21,27)(H,22,28)(H,23,30)(H,24,29)(H,31,32). The van der Waals surface area contributed by atoms with Crippen LogP contribution in [0.25, 0.3) is 0 Å². The van der Waals surface area contributed by atoms with Crippen molar-refractivity contribution in [2.75, 3.05) is 13.2 Å². The lowest BCUT2D eigenvalue weighted by molar-refractivity contribution is -0.142. The van der Waals surface area contributed by atoms with Crippen LogP contribution in [0, 0.1) is 0 Å². The van der Waals surface area contributed by atoms with E-state index in [1.165, 1.54) is 24.3 Å². The van der Waals surface area contributed by atoms with Gasteiger partial charge in [-0.1, -0.05) is 12.1 Å². The van der Waals surface area contributed by atoms with Crippen molar-refractivity contribution in [3.05, 3.63) is 29.8 Å². The SMILES string of the molecule is NCC(=O)NC(CCC(N)=O)C(=O)NC(CO)C(=O)NC(Cc1ccc(O)cc1)C(=O)O. The lowest BCUT2D eigenvalue weighted by Crippen LogP contribution is -2.57. The van der Waals surface area contributed by atoms with Gasteiger partial charge >= 0.3 is 5.97 Å². The van der Waals surface area contributed by atoms with Crippen LogP contribution in [0.15, 0.2) is 24.3 Å². The summed E-state index contributed by atoms with van der Waals surface area (Å²) in [6, 6.07) is 1.49. The number of nitrogens with one attached hydrogen (secondary N) is 3. The van der Waals surface area contributed by atoms with Crippen molar-refractivity contribution in [1.29, 1.82) is 0 Å². The lowest BCUT2D eigenvalue weighted by atomic mass is 10.1. The van der Waals surface area contributed by atoms with Gasteiger partial charge in [0.05, 0.1) is 13.2 Å². The summed E-state index contributed by atoms with van der Waals surface area (Å²) < 4.78 is 0. The molecule has 0 aliphatic rings. The van der Waals surface area contributed by atoms with Gasteiger partial charge in [0.15, 0.2) is 0 Å². The Labute approximate surface area is 183 Å². The van der Waals surface area contributed by atoms with Crippen LogP contribution in [-0.4, -0.2) is 76.2 Å². The highest BCUT2D eigenvalue weighted by molar-refractivity contribution is 5.94. The largest absolute Gasteiger partial charge is 0.508 e. The molecule has 0 fully saturated rings. The van der Waals surface area contributed by atoms with E-state index < -0.39 is 60.9 Å². The van der Waals surface area contributed by atoms with Crippen LogP contribution in [-0.2, 0) is 30.4 Å². The number of aromatic hydroxyl groups is 1. The summed E-state index contributed by atoms with van der Waals surface area (Å²) in [5, 5.41) is 34.9. The number of aliphatic hydroxyl groups is 1. The Hall–Kier alpha value is -3.71. The fourth-order valence-corrected chi connectivity index (χ4v) is 2.62. The molecule has 0 bridgehead atoms. The fraction of sp³-hybridized carbons (Fsp3) is 0.421. The van der Waals surface area contributed by atoms with Gasteiger partial charge in [0.25, 0.3) is 0 Å². The molecule has 4 amide bonds. The zero-order chi connectivity index (χ0) is 24.3. The van der Waals surface area contributed by atoms with Crippen LogP contribution in [0.1, 0.15) is 18.4 Å². The van der Waals surface area contributed by atoms with E-state index in [1.807, 2.05) is 0 Å². The van der Waals surface area contributed by atoms with E-state index >= 15 is 0 Å². The average Bonchev–Trinajstić information content (AvgIpc) is 2.75. The van der Waals surface area contributed by atoms with Crippen LogP contribution >= 0.6 is 0 Å². The molecule has 0 saturated heterocycles. The third-order valence-electron chi connectivity index (χ3n) is 4.32. The molecule has 1 aromatic rings. The molecule has 176 valence electrons. The van der Waals surface area contributed by atoms with Gasteiger partial charge in [-0.2, -0.15) is 0 Å². The highest BCUT2D eigenvalue weighted by Gasteiger charge is 2.29. The minimum Gasteiger partial charge on any atom is -0.508 e. The Morgan fingerprint density at radius 2 is 1.47 bits per heavy atom. The van der Waals surface area contributed by atoms with Crippen LogP contribution in [0.3, 0.4) is 0 Å². The van der Waals surface area contributed by atoms with Gasteiger partial charge in [-0.05, 0) is 24.1 Å². The van der Waals surface area contributed by atoms with E-state index in [9.17, 15) is 39.3 Å². The van der Waals surface area contributed by atoms with Crippen LogP contribution in [0.5, 0.6) is 5.75 Å². The molecule has 0 heterocycles. The number of aliphatic carboxylic acids is 1. The Morgan fingerprint density at radius 1 is 0.906 bits per heavy atom. The van der Waals surface area contributed by atoms with Crippen molar-refractivity contribution < 1.29 is 39.3 Å². The molecule has 3 unspecified atom stereocenters. The molecular weight excluding hydrogens is 426 g/mol. The molecule has 13 heteroatoms. The Bertz CT molecular complexity index is 830. The minimum absolute atomic E-state index is 0.0136. The van der Waals surface area contributed by atoms with E-state index in [-0.39, 0.29) is 25.0 Å². The maximum absolute atomic E-state index is 12.5. The van der Waals surface area contributed by atoms with Crippen molar-refractivity contribution >= 4 is 29.6 Å². The molecule has 1 rings (SSSR count). The molecule has 0 aromatic heterocycles. The monoisotopic (exact) mass is 453 g/mol. The summed E-state index contributed by atoms with van der Waals surface area (Å²) in [6.07, 6.45) is -0.542. The van der Waals surface area contributed by atoms with E-state index in [2.05, 4.69) is 16.0 Å². The highest BCUT2D eigenvalue weighted by atomic mass is 16.4. The molecule has 10 N–H and O–H groups in total. The number of carboxylic acid groups (broad SMARTS) is 1. The van der Waals surface area contributed by atoms with Crippen LogP contribution < -0.4 is 27.4 Å². The molecule has 0 aliphatic carbocycles. The quantitative estimate of drug-likeness (QED) is 0.149. The number of benzene rings is 1. The summed E-state index contributed by atoms with van der Waals surface area (Å²) in [4.78, 5) is 59.0. The molecule has 32 heavy (non-hydrogen) atoms. The normalized spacial score (nSPS) is 13.3. The first kappa shape index (κ1) is 26.3. The maximum Gasteiger partial charge on any atom is 0.326 e. The van der Waals surface area contributed by atoms with Crippen molar-refractivity contribution in [1.82, 2.24) is 16.0 Å². The summed E-state index contributed by atoms with van der Waals surface area (Å²) in [6.45, 7) is -1.29. The van der Waals surface area contributed by atoms with E-state index in [0.717, 1.165) is 0 Å². The Kier molecular flexibility index (Phi) is 10.6. The molecule has 0 saturated carbocycles. The first-order valence-corrected chi connectivity index (χ1v) is 9.57. The second-order valence-corrected chi connectivity index (χ2v) is 6.84. The molecule has 0 aliphatic heterocycles. The molecule has 0 spiro atoms. The number of rotatable bonds is 13. The fourth-order valence-electron chi connectivity index (χ4n) is 2.62. The maximum atomic E-state index is 12.5. The van der Waals surface area contributed by atoms with Crippen LogP contribution in [0.2, 0.25) is 0 Å². The number of phenolic OH excluding ortho intramolecular Hbond substituents is 1. The first-order valence-electron chi connectivity index (χ1n) is 9.57. The molecule has 13 nitrogen and oxygen atoms in total. The van der Waals surface area contributed by atoms with Crippen molar-refractivity contribution in [3.8, 4) is 5.75 Å². The van der Waals surface area contributed by atoms with Gasteiger partial charge in [-0.15, -0.1) is 0 Å². The van der Waals surface area contributed by atoms with Gasteiger partial charge in [-0.3, -0.25) is 19.2 Å². The third kappa shape index (κ3) is 8.97. The number of primary amides is 1. The van der Waals surface area contributed by atoms with Crippen molar-refractivity contribution in [2.45, 2.75) is 37.4 Å². The van der Waals surface area contributed by atoms with Crippen molar-refractivity contribution in [2.24, 2.45) is 11.5 Å². The van der Waals surface area contributed by atoms with Crippen molar-refractivity contribution in [3.63, 3.8) is 0 Å². The number of carbonyl (C=O) groups is 5. The first-order chi connectivity index (χ1) is 15.1. The van der Waals surface area contributed by atoms with Crippen LogP contribution in [0.4, 0.5) is 0 Å².